The molecule has 1 N–H and O–H groups in total. The first-order valence-electron chi connectivity index (χ1n) is 10.4. The maximum atomic E-state index is 10.4. The highest BCUT2D eigenvalue weighted by atomic mass is 16.5. The lowest BCUT2D eigenvalue weighted by Crippen LogP contribution is -2.16. The van der Waals surface area contributed by atoms with E-state index < -0.39 is 0 Å². The Balaban J connectivity index is 0.000000543. The number of phenols is 1. The van der Waals surface area contributed by atoms with E-state index in [1.54, 1.807) is 0 Å². The Morgan fingerprint density at radius 3 is 1.38 bits per heavy atom. The Morgan fingerprint density at radius 2 is 1.10 bits per heavy atom. The molecule has 166 valence electrons. The first kappa shape index (κ1) is 27.0. The average Bonchev–Trinajstić information content (AvgIpc) is 2.55. The van der Waals surface area contributed by atoms with Gasteiger partial charge in [-0.05, 0) is 47.6 Å². The molecule has 0 aromatic heterocycles. The largest absolute Gasteiger partial charge is 0.507 e. The minimum atomic E-state index is -0.232. The topological polar surface area (TPSA) is 72.8 Å². The molecule has 0 saturated carbocycles. The number of benzene rings is 1. The Morgan fingerprint density at radius 1 is 0.759 bits per heavy atom. The molecule has 0 aliphatic carbocycles. The van der Waals surface area contributed by atoms with Gasteiger partial charge in [-0.3, -0.25) is 9.59 Å². The zero-order valence-electron chi connectivity index (χ0n) is 19.6. The lowest BCUT2D eigenvalue weighted by molar-refractivity contribution is -0.142. The van der Waals surface area contributed by atoms with Crippen LogP contribution in [-0.2, 0) is 29.9 Å². The van der Waals surface area contributed by atoms with E-state index in [0.29, 0.717) is 19.0 Å². The van der Waals surface area contributed by atoms with E-state index in [2.05, 4.69) is 41.5 Å². The molecule has 0 unspecified atom stereocenters. The molecule has 0 spiro atoms. The SMILES string of the molecule is CC(=O)OCCCCCCOC(C)=O.CC(C)(C)c1cccc(C(C)(C)C)c1O. The van der Waals surface area contributed by atoms with Gasteiger partial charge in [0.2, 0.25) is 0 Å². The predicted molar refractivity (Wildman–Crippen MR) is 117 cm³/mol. The maximum Gasteiger partial charge on any atom is 0.302 e. The van der Waals surface area contributed by atoms with Crippen molar-refractivity contribution in [3.63, 3.8) is 0 Å². The zero-order chi connectivity index (χ0) is 22.7. The van der Waals surface area contributed by atoms with Gasteiger partial charge in [0, 0.05) is 13.8 Å². The first-order chi connectivity index (χ1) is 13.3. The van der Waals surface area contributed by atoms with Gasteiger partial charge in [0.15, 0.2) is 0 Å². The van der Waals surface area contributed by atoms with Gasteiger partial charge in [-0.15, -0.1) is 0 Å². The second-order valence-corrected chi connectivity index (χ2v) is 9.30. The molecule has 1 rings (SSSR count). The highest BCUT2D eigenvalue weighted by molar-refractivity contribution is 5.66. The van der Waals surface area contributed by atoms with Crippen LogP contribution >= 0.6 is 0 Å². The lowest BCUT2D eigenvalue weighted by Gasteiger charge is -2.26. The normalized spacial score (nSPS) is 11.3. The molecule has 5 nitrogen and oxygen atoms in total. The summed E-state index contributed by atoms with van der Waals surface area (Å²) >= 11 is 0. The quantitative estimate of drug-likeness (QED) is 0.465. The van der Waals surface area contributed by atoms with Gasteiger partial charge in [0.25, 0.3) is 0 Å². The Labute approximate surface area is 176 Å². The molecule has 0 aliphatic rings. The smallest absolute Gasteiger partial charge is 0.302 e. The third kappa shape index (κ3) is 12.2. The summed E-state index contributed by atoms with van der Waals surface area (Å²) in [4.78, 5) is 20.7. The highest BCUT2D eigenvalue weighted by Crippen LogP contribution is 2.38. The average molecular weight is 409 g/mol. The van der Waals surface area contributed by atoms with Crippen LogP contribution in [-0.4, -0.2) is 30.3 Å². The molecule has 0 aliphatic heterocycles. The summed E-state index contributed by atoms with van der Waals surface area (Å²) < 4.78 is 9.52. The second kappa shape index (κ2) is 12.5. The van der Waals surface area contributed by atoms with Crippen LogP contribution in [0.4, 0.5) is 0 Å². The third-order valence-electron chi connectivity index (χ3n) is 4.30. The number of rotatable bonds is 7. The van der Waals surface area contributed by atoms with Crippen LogP contribution in [0, 0.1) is 0 Å². The van der Waals surface area contributed by atoms with Gasteiger partial charge >= 0.3 is 11.9 Å². The second-order valence-electron chi connectivity index (χ2n) is 9.30. The van der Waals surface area contributed by atoms with Gasteiger partial charge in [-0.25, -0.2) is 0 Å². The highest BCUT2D eigenvalue weighted by Gasteiger charge is 2.24. The van der Waals surface area contributed by atoms with E-state index in [4.69, 9.17) is 9.47 Å². The van der Waals surface area contributed by atoms with Crippen LogP contribution in [0.2, 0.25) is 0 Å². The summed E-state index contributed by atoms with van der Waals surface area (Å²) in [6.45, 7) is 16.5. The monoisotopic (exact) mass is 408 g/mol. The Hall–Kier alpha value is -2.04. The van der Waals surface area contributed by atoms with Crippen LogP contribution < -0.4 is 0 Å². The third-order valence-corrected chi connectivity index (χ3v) is 4.30. The molecule has 0 fully saturated rings. The van der Waals surface area contributed by atoms with E-state index >= 15 is 0 Å². The van der Waals surface area contributed by atoms with Crippen molar-refractivity contribution in [2.45, 2.75) is 91.9 Å². The fourth-order valence-corrected chi connectivity index (χ4v) is 2.74. The predicted octanol–water partition coefficient (Wildman–Crippen LogP) is 5.66. The molecule has 0 heterocycles. The van der Waals surface area contributed by atoms with Crippen molar-refractivity contribution in [1.82, 2.24) is 0 Å². The number of hydrogen-bond donors (Lipinski definition) is 1. The molecular weight excluding hydrogens is 368 g/mol. The van der Waals surface area contributed by atoms with Crippen molar-refractivity contribution in [1.29, 1.82) is 0 Å². The van der Waals surface area contributed by atoms with E-state index in [9.17, 15) is 14.7 Å². The van der Waals surface area contributed by atoms with Crippen molar-refractivity contribution >= 4 is 11.9 Å². The molecule has 0 saturated heterocycles. The minimum Gasteiger partial charge on any atom is -0.507 e. The van der Waals surface area contributed by atoms with Gasteiger partial charge in [-0.1, -0.05) is 59.7 Å². The fraction of sp³-hybridized carbons (Fsp3) is 0.667. The number of ether oxygens (including phenoxy) is 2. The number of aromatic hydroxyl groups is 1. The first-order valence-corrected chi connectivity index (χ1v) is 10.4. The number of carbonyl (C=O) groups is 2. The van der Waals surface area contributed by atoms with Crippen molar-refractivity contribution in [2.75, 3.05) is 13.2 Å². The van der Waals surface area contributed by atoms with E-state index in [0.717, 1.165) is 36.8 Å². The summed E-state index contributed by atoms with van der Waals surface area (Å²) in [5, 5.41) is 10.3. The molecule has 0 atom stereocenters. The molecule has 0 radical (unpaired) electrons. The van der Waals surface area contributed by atoms with Crippen LogP contribution in [0.25, 0.3) is 0 Å². The van der Waals surface area contributed by atoms with Crippen molar-refractivity contribution in [3.05, 3.63) is 29.3 Å². The number of unbranched alkanes of at least 4 members (excludes halogenated alkanes) is 3. The molecular formula is C24H40O5. The van der Waals surface area contributed by atoms with Crippen LogP contribution in [0.1, 0.15) is 92.2 Å². The standard InChI is InChI=1S/C14H22O.C10H18O4/c1-13(2,3)10-8-7-9-11(12(10)15)14(4,5)6;1-9(11)13-7-5-3-4-6-8-14-10(2)12/h7-9,15H,1-6H3;3-8H2,1-2H3. The van der Waals surface area contributed by atoms with Crippen molar-refractivity contribution in [2.24, 2.45) is 0 Å². The number of phenolic OH excluding ortho intramolecular Hbond substituents is 1. The summed E-state index contributed by atoms with van der Waals surface area (Å²) in [7, 11) is 0. The lowest BCUT2D eigenvalue weighted by atomic mass is 9.80. The summed E-state index contributed by atoms with van der Waals surface area (Å²) in [6, 6.07) is 6.04. The van der Waals surface area contributed by atoms with Crippen molar-refractivity contribution < 1.29 is 24.2 Å². The van der Waals surface area contributed by atoms with E-state index in [-0.39, 0.29) is 22.8 Å². The van der Waals surface area contributed by atoms with Gasteiger partial charge in [-0.2, -0.15) is 0 Å². The van der Waals surface area contributed by atoms with Crippen LogP contribution in [0.15, 0.2) is 18.2 Å². The van der Waals surface area contributed by atoms with E-state index in [1.165, 1.54) is 13.8 Å². The number of hydrogen-bond acceptors (Lipinski definition) is 5. The van der Waals surface area contributed by atoms with E-state index in [1.807, 2.05) is 18.2 Å². The zero-order valence-corrected chi connectivity index (χ0v) is 19.6. The summed E-state index contributed by atoms with van der Waals surface area (Å²) in [6.07, 6.45) is 3.74. The minimum absolute atomic E-state index is 0.00859. The molecule has 29 heavy (non-hydrogen) atoms. The number of para-hydroxylation sites is 1. The molecule has 0 amide bonds. The molecule has 1 aromatic rings. The molecule has 1 aromatic carbocycles. The van der Waals surface area contributed by atoms with Gasteiger partial charge < -0.3 is 14.6 Å². The van der Waals surface area contributed by atoms with Crippen LogP contribution in [0.5, 0.6) is 5.75 Å². The van der Waals surface area contributed by atoms with Gasteiger partial charge in [0.1, 0.15) is 5.75 Å². The van der Waals surface area contributed by atoms with Crippen molar-refractivity contribution in [3.8, 4) is 5.75 Å². The molecule has 5 heteroatoms. The fourth-order valence-electron chi connectivity index (χ4n) is 2.74. The Kier molecular flexibility index (Phi) is 11.6. The summed E-state index contributed by atoms with van der Waals surface area (Å²) in [5.41, 5.74) is 2.03. The summed E-state index contributed by atoms with van der Waals surface area (Å²) in [5.74, 6) is -0.00711. The maximum absolute atomic E-state index is 10.4. The number of carbonyl (C=O) groups excluding carboxylic acids is 2. The molecule has 0 bridgehead atoms. The Bertz CT molecular complexity index is 583. The van der Waals surface area contributed by atoms with Crippen LogP contribution in [0.3, 0.4) is 0 Å². The van der Waals surface area contributed by atoms with Gasteiger partial charge in [0.05, 0.1) is 13.2 Å². The number of esters is 2.